The van der Waals surface area contributed by atoms with Crippen LogP contribution in [0.1, 0.15) is 10.4 Å². The Balaban J connectivity index is 2.37. The average molecular weight is 265 g/mol. The summed E-state index contributed by atoms with van der Waals surface area (Å²) in [6.07, 6.45) is 4.18. The van der Waals surface area contributed by atoms with Crippen molar-refractivity contribution in [2.24, 2.45) is 0 Å². The quantitative estimate of drug-likeness (QED) is 0.506. The zero-order chi connectivity index (χ0) is 14.1. The van der Waals surface area contributed by atoms with Gasteiger partial charge in [-0.1, -0.05) is 6.08 Å². The molecular formula is C12H15N3O4. The maximum Gasteiger partial charge on any atom is 0.337 e. The van der Waals surface area contributed by atoms with Crippen LogP contribution in [0.4, 0.5) is 10.5 Å². The molecule has 0 radical (unpaired) electrons. The summed E-state index contributed by atoms with van der Waals surface area (Å²) in [5.74, 6) is -1.10. The van der Waals surface area contributed by atoms with Crippen molar-refractivity contribution in [1.82, 2.24) is 10.3 Å². The highest BCUT2D eigenvalue weighted by molar-refractivity contribution is 5.92. The van der Waals surface area contributed by atoms with Gasteiger partial charge < -0.3 is 20.5 Å². The number of nitrogens with one attached hydrogen (secondary N) is 2. The minimum Gasteiger partial charge on any atom is -0.478 e. The molecule has 2 amide bonds. The van der Waals surface area contributed by atoms with Crippen LogP contribution in [0, 0.1) is 0 Å². The number of ether oxygens (including phenoxy) is 1. The lowest BCUT2D eigenvalue weighted by Gasteiger charge is -2.07. The Labute approximate surface area is 110 Å². The zero-order valence-corrected chi connectivity index (χ0v) is 10.3. The molecule has 3 N–H and O–H groups in total. The molecule has 102 valence electrons. The van der Waals surface area contributed by atoms with Crippen LogP contribution in [-0.4, -0.2) is 41.8 Å². The molecule has 0 aliphatic rings. The summed E-state index contributed by atoms with van der Waals surface area (Å²) in [6, 6.07) is 0.870. The minimum atomic E-state index is -1.10. The van der Waals surface area contributed by atoms with Gasteiger partial charge in [-0.15, -0.1) is 6.58 Å². The molecule has 1 aromatic heterocycles. The summed E-state index contributed by atoms with van der Waals surface area (Å²) in [6.45, 7) is 4.62. The highest BCUT2D eigenvalue weighted by Gasteiger charge is 2.06. The number of carbonyl (C=O) groups is 2. The molecule has 0 atom stereocenters. The summed E-state index contributed by atoms with van der Waals surface area (Å²) < 4.78 is 5.08. The van der Waals surface area contributed by atoms with Crippen molar-refractivity contribution in [2.75, 3.05) is 25.1 Å². The topological polar surface area (TPSA) is 101 Å². The lowest BCUT2D eigenvalue weighted by atomic mass is 10.3. The van der Waals surface area contributed by atoms with E-state index >= 15 is 0 Å². The second kappa shape index (κ2) is 7.83. The van der Waals surface area contributed by atoms with Crippen LogP contribution in [0.25, 0.3) is 0 Å². The molecule has 1 heterocycles. The van der Waals surface area contributed by atoms with Crippen LogP contribution in [0.3, 0.4) is 0 Å². The summed E-state index contributed by atoms with van der Waals surface area (Å²) >= 11 is 0. The SMILES string of the molecule is C=CCOCCNC(=O)Nc1cncc(C(=O)O)c1. The normalized spacial score (nSPS) is 9.68. The fourth-order valence-electron chi connectivity index (χ4n) is 1.20. The van der Waals surface area contributed by atoms with Crippen molar-refractivity contribution in [3.8, 4) is 0 Å². The van der Waals surface area contributed by atoms with Gasteiger partial charge in [0.2, 0.25) is 0 Å². The van der Waals surface area contributed by atoms with E-state index in [-0.39, 0.29) is 5.56 Å². The number of nitrogens with zero attached hydrogens (tertiary/aromatic N) is 1. The summed E-state index contributed by atoms with van der Waals surface area (Å²) in [5.41, 5.74) is 0.316. The first-order valence-electron chi connectivity index (χ1n) is 5.55. The predicted octanol–water partition coefficient (Wildman–Crippen LogP) is 1.10. The number of urea groups is 1. The molecule has 19 heavy (non-hydrogen) atoms. The van der Waals surface area contributed by atoms with Gasteiger partial charge in [0.1, 0.15) is 0 Å². The zero-order valence-electron chi connectivity index (χ0n) is 10.3. The second-order valence-electron chi connectivity index (χ2n) is 3.51. The molecule has 0 aromatic carbocycles. The van der Waals surface area contributed by atoms with E-state index in [1.807, 2.05) is 0 Å². The van der Waals surface area contributed by atoms with E-state index in [1.54, 1.807) is 6.08 Å². The van der Waals surface area contributed by atoms with Gasteiger partial charge in [-0.2, -0.15) is 0 Å². The van der Waals surface area contributed by atoms with Crippen molar-refractivity contribution < 1.29 is 19.4 Å². The van der Waals surface area contributed by atoms with Gasteiger partial charge in [-0.05, 0) is 6.07 Å². The molecule has 0 fully saturated rings. The molecule has 0 saturated carbocycles. The number of carboxylic acids is 1. The number of hydrogen-bond acceptors (Lipinski definition) is 4. The van der Waals surface area contributed by atoms with E-state index in [9.17, 15) is 9.59 Å². The van der Waals surface area contributed by atoms with Crippen LogP contribution < -0.4 is 10.6 Å². The number of pyridine rings is 1. The van der Waals surface area contributed by atoms with E-state index < -0.39 is 12.0 Å². The van der Waals surface area contributed by atoms with Gasteiger partial charge in [-0.25, -0.2) is 9.59 Å². The first-order valence-corrected chi connectivity index (χ1v) is 5.55. The number of aromatic carboxylic acids is 1. The molecule has 0 saturated heterocycles. The van der Waals surface area contributed by atoms with Crippen LogP contribution in [0.5, 0.6) is 0 Å². The third-order valence-corrected chi connectivity index (χ3v) is 2.01. The molecule has 7 heteroatoms. The Hall–Kier alpha value is -2.41. The molecule has 1 rings (SSSR count). The Bertz CT molecular complexity index is 462. The molecule has 0 bridgehead atoms. The molecular weight excluding hydrogens is 250 g/mol. The molecule has 0 aliphatic carbocycles. The van der Waals surface area contributed by atoms with Crippen LogP contribution in [0.2, 0.25) is 0 Å². The maximum absolute atomic E-state index is 11.5. The van der Waals surface area contributed by atoms with Crippen LogP contribution in [-0.2, 0) is 4.74 Å². The monoisotopic (exact) mass is 265 g/mol. The second-order valence-corrected chi connectivity index (χ2v) is 3.51. The standard InChI is InChI=1S/C12H15N3O4/c1-2-4-19-5-3-14-12(18)15-10-6-9(11(16)17)7-13-8-10/h2,6-8H,1,3-5H2,(H,16,17)(H2,14,15,18). The van der Waals surface area contributed by atoms with Crippen LogP contribution in [0.15, 0.2) is 31.1 Å². The first-order chi connectivity index (χ1) is 9.13. The molecule has 1 aromatic rings. The number of carboxylic acid groups (broad SMARTS) is 1. The first kappa shape index (κ1) is 14.7. The van der Waals surface area contributed by atoms with E-state index in [0.717, 1.165) is 0 Å². The molecule has 0 unspecified atom stereocenters. The Kier molecular flexibility index (Phi) is 6.04. The number of anilines is 1. The van der Waals surface area contributed by atoms with E-state index in [4.69, 9.17) is 9.84 Å². The van der Waals surface area contributed by atoms with Crippen molar-refractivity contribution >= 4 is 17.7 Å². The minimum absolute atomic E-state index is 0.00659. The fraction of sp³-hybridized carbons (Fsp3) is 0.250. The van der Waals surface area contributed by atoms with Crippen molar-refractivity contribution in [2.45, 2.75) is 0 Å². The number of carbonyl (C=O) groups excluding carboxylic acids is 1. The third-order valence-electron chi connectivity index (χ3n) is 2.01. The van der Waals surface area contributed by atoms with Gasteiger partial charge in [0.15, 0.2) is 0 Å². The highest BCUT2D eigenvalue weighted by atomic mass is 16.5. The number of amides is 2. The lowest BCUT2D eigenvalue weighted by Crippen LogP contribution is -2.31. The van der Waals surface area contributed by atoms with Crippen LogP contribution >= 0.6 is 0 Å². The molecule has 0 spiro atoms. The van der Waals surface area contributed by atoms with E-state index in [0.29, 0.717) is 25.4 Å². The van der Waals surface area contributed by atoms with Crippen molar-refractivity contribution in [3.63, 3.8) is 0 Å². The molecule has 0 aliphatic heterocycles. The van der Waals surface area contributed by atoms with Gasteiger partial charge in [0, 0.05) is 12.7 Å². The fourth-order valence-corrected chi connectivity index (χ4v) is 1.20. The molecule has 7 nitrogen and oxygen atoms in total. The van der Waals surface area contributed by atoms with E-state index in [2.05, 4.69) is 22.2 Å². The average Bonchev–Trinajstić information content (AvgIpc) is 2.38. The Morgan fingerprint density at radius 3 is 2.95 bits per heavy atom. The summed E-state index contributed by atoms with van der Waals surface area (Å²) in [7, 11) is 0. The van der Waals surface area contributed by atoms with Crippen molar-refractivity contribution in [1.29, 1.82) is 0 Å². The highest BCUT2D eigenvalue weighted by Crippen LogP contribution is 2.07. The number of hydrogen-bond donors (Lipinski definition) is 3. The lowest BCUT2D eigenvalue weighted by molar-refractivity contribution is 0.0696. The van der Waals surface area contributed by atoms with E-state index in [1.165, 1.54) is 18.5 Å². The van der Waals surface area contributed by atoms with Gasteiger partial charge >= 0.3 is 12.0 Å². The Morgan fingerprint density at radius 1 is 1.47 bits per heavy atom. The predicted molar refractivity (Wildman–Crippen MR) is 69.2 cm³/mol. The van der Waals surface area contributed by atoms with Crippen molar-refractivity contribution in [3.05, 3.63) is 36.7 Å². The maximum atomic E-state index is 11.5. The van der Waals surface area contributed by atoms with Gasteiger partial charge in [0.05, 0.1) is 30.7 Å². The summed E-state index contributed by atoms with van der Waals surface area (Å²) in [4.78, 5) is 25.9. The number of rotatable bonds is 7. The number of aromatic nitrogens is 1. The smallest absolute Gasteiger partial charge is 0.337 e. The van der Waals surface area contributed by atoms with Gasteiger partial charge in [0.25, 0.3) is 0 Å². The van der Waals surface area contributed by atoms with Gasteiger partial charge in [-0.3, -0.25) is 4.98 Å². The third kappa shape index (κ3) is 5.64. The largest absolute Gasteiger partial charge is 0.478 e. The Morgan fingerprint density at radius 2 is 2.26 bits per heavy atom. The summed E-state index contributed by atoms with van der Waals surface area (Å²) in [5, 5.41) is 13.8.